The van der Waals surface area contributed by atoms with Gasteiger partial charge in [0.05, 0.1) is 12.7 Å². The minimum atomic E-state index is 0.222. The average Bonchev–Trinajstić information content (AvgIpc) is 2.45. The summed E-state index contributed by atoms with van der Waals surface area (Å²) in [6, 6.07) is 5.02. The zero-order valence-electron chi connectivity index (χ0n) is 12.1. The lowest BCUT2D eigenvalue weighted by Crippen LogP contribution is -2.10. The van der Waals surface area contributed by atoms with Crippen molar-refractivity contribution in [2.75, 3.05) is 7.11 Å². The molecule has 2 rings (SSSR count). The number of methoxy groups -OCH3 is 1. The average molecular weight is 319 g/mol. The van der Waals surface area contributed by atoms with E-state index >= 15 is 0 Å². The Morgan fingerprint density at radius 2 is 2.09 bits per heavy atom. The molecule has 0 aliphatic heterocycles. The summed E-state index contributed by atoms with van der Waals surface area (Å²) in [6.07, 6.45) is 2.23. The predicted octanol–water partition coefficient (Wildman–Crippen LogP) is 2.56. The van der Waals surface area contributed by atoms with Gasteiger partial charge in [0.25, 0.3) is 0 Å². The number of aromatic nitrogens is 1. The topological polar surface area (TPSA) is 104 Å². The van der Waals surface area contributed by atoms with Crippen molar-refractivity contribution >= 4 is 40.3 Å². The second-order valence-electron chi connectivity index (χ2n) is 4.63. The van der Waals surface area contributed by atoms with Crippen LogP contribution in [0, 0.1) is 0 Å². The fraction of sp³-hybridized carbons (Fsp3) is 0.133. The summed E-state index contributed by atoms with van der Waals surface area (Å²) >= 11 is 6.16. The Morgan fingerprint density at radius 1 is 1.36 bits per heavy atom. The van der Waals surface area contributed by atoms with Crippen molar-refractivity contribution in [3.05, 3.63) is 40.7 Å². The number of carbonyl (C=O) groups excluding carboxylic acids is 1. The molecule has 22 heavy (non-hydrogen) atoms. The first-order chi connectivity index (χ1) is 10.4. The summed E-state index contributed by atoms with van der Waals surface area (Å²) in [6.45, 7) is 1.70. The molecular formula is C15H15ClN4O2. The lowest BCUT2D eigenvalue weighted by Gasteiger charge is -2.08. The molecule has 0 amide bonds. The number of pyridine rings is 1. The van der Waals surface area contributed by atoms with E-state index in [0.717, 1.165) is 5.39 Å². The molecule has 114 valence electrons. The first kappa shape index (κ1) is 15.8. The fourth-order valence-electron chi connectivity index (χ4n) is 1.97. The summed E-state index contributed by atoms with van der Waals surface area (Å²) in [7, 11) is 1.49. The third kappa shape index (κ3) is 3.35. The Morgan fingerprint density at radius 3 is 2.68 bits per heavy atom. The number of allylic oxidation sites excluding steroid dienone is 1. The summed E-state index contributed by atoms with van der Waals surface area (Å²) in [5.41, 5.74) is 12.2. The van der Waals surface area contributed by atoms with Crippen LogP contribution in [-0.4, -0.2) is 24.2 Å². The second-order valence-corrected chi connectivity index (χ2v) is 4.99. The van der Waals surface area contributed by atoms with E-state index in [1.165, 1.54) is 13.2 Å². The molecule has 4 N–H and O–H groups in total. The van der Waals surface area contributed by atoms with Gasteiger partial charge >= 0.3 is 0 Å². The summed E-state index contributed by atoms with van der Waals surface area (Å²) < 4.78 is 5.18. The monoisotopic (exact) mass is 318 g/mol. The highest BCUT2D eigenvalue weighted by molar-refractivity contribution is 6.34. The maximum Gasteiger partial charge on any atom is 0.156 e. The summed E-state index contributed by atoms with van der Waals surface area (Å²) in [5.74, 6) is 1.01. The number of fused-ring (bicyclic) bond motifs is 1. The first-order valence-corrected chi connectivity index (χ1v) is 6.73. The van der Waals surface area contributed by atoms with Gasteiger partial charge in [-0.2, -0.15) is 0 Å². The number of amidine groups is 1. The molecule has 0 unspecified atom stereocenters. The van der Waals surface area contributed by atoms with E-state index in [1.807, 2.05) is 0 Å². The molecule has 0 saturated carbocycles. The maximum absolute atomic E-state index is 11.1. The Kier molecular flexibility index (Phi) is 4.62. The van der Waals surface area contributed by atoms with Crippen LogP contribution in [0.15, 0.2) is 35.0 Å². The minimum absolute atomic E-state index is 0.222. The fourth-order valence-corrected chi connectivity index (χ4v) is 2.22. The van der Waals surface area contributed by atoms with Crippen LogP contribution in [0.3, 0.4) is 0 Å². The van der Waals surface area contributed by atoms with Crippen molar-refractivity contribution in [3.63, 3.8) is 0 Å². The van der Waals surface area contributed by atoms with E-state index in [0.29, 0.717) is 34.5 Å². The van der Waals surface area contributed by atoms with E-state index in [-0.39, 0.29) is 11.0 Å². The highest BCUT2D eigenvalue weighted by Crippen LogP contribution is 2.31. The number of ether oxygens (including phenoxy) is 1. The van der Waals surface area contributed by atoms with Crippen LogP contribution in [0.5, 0.6) is 5.75 Å². The van der Waals surface area contributed by atoms with Crippen LogP contribution in [0.2, 0.25) is 5.15 Å². The first-order valence-electron chi connectivity index (χ1n) is 6.36. The van der Waals surface area contributed by atoms with Crippen molar-refractivity contribution in [1.82, 2.24) is 4.98 Å². The lowest BCUT2D eigenvalue weighted by atomic mass is 10.1. The highest BCUT2D eigenvalue weighted by Gasteiger charge is 2.10. The smallest absolute Gasteiger partial charge is 0.156 e. The molecule has 7 heteroatoms. The molecule has 0 aliphatic carbocycles. The number of hydrogen-bond acceptors (Lipinski definition) is 5. The third-order valence-electron chi connectivity index (χ3n) is 2.87. The van der Waals surface area contributed by atoms with Gasteiger partial charge in [0, 0.05) is 11.1 Å². The van der Waals surface area contributed by atoms with Crippen molar-refractivity contribution in [2.24, 2.45) is 16.5 Å². The van der Waals surface area contributed by atoms with Crippen molar-refractivity contribution in [1.29, 1.82) is 0 Å². The van der Waals surface area contributed by atoms with Crippen LogP contribution < -0.4 is 16.2 Å². The van der Waals surface area contributed by atoms with E-state index < -0.39 is 0 Å². The van der Waals surface area contributed by atoms with Gasteiger partial charge < -0.3 is 16.2 Å². The SMILES string of the molecule is COc1cc2cc(/N=C(N)\C=C(\C)N)nc(Cl)c2cc1C=O. The molecule has 1 aromatic heterocycles. The summed E-state index contributed by atoms with van der Waals surface area (Å²) in [5, 5.41) is 1.60. The highest BCUT2D eigenvalue weighted by atomic mass is 35.5. The van der Waals surface area contributed by atoms with Crippen LogP contribution in [0.4, 0.5) is 5.82 Å². The number of aldehydes is 1. The third-order valence-corrected chi connectivity index (χ3v) is 3.16. The Labute approximate surface area is 132 Å². The number of nitrogens with two attached hydrogens (primary N) is 2. The lowest BCUT2D eigenvalue weighted by molar-refractivity contribution is 0.112. The Balaban J connectivity index is 2.62. The zero-order valence-corrected chi connectivity index (χ0v) is 12.9. The van der Waals surface area contributed by atoms with Gasteiger partial charge in [-0.3, -0.25) is 4.79 Å². The second kappa shape index (κ2) is 6.44. The van der Waals surface area contributed by atoms with Gasteiger partial charge in [-0.25, -0.2) is 9.98 Å². The number of aliphatic imine (C=N–C) groups is 1. The normalized spacial score (nSPS) is 12.5. The standard InChI is InChI=1S/C15H15ClN4O2/c1-8(17)3-13(18)19-14-6-9-5-12(22-2)10(7-21)4-11(9)15(16)20-14/h3-7H,17H2,1-2H3,(H2,18,19,20)/b8-3-. The minimum Gasteiger partial charge on any atom is -0.496 e. The van der Waals surface area contributed by atoms with Crippen molar-refractivity contribution < 1.29 is 9.53 Å². The predicted molar refractivity (Wildman–Crippen MR) is 87.9 cm³/mol. The van der Waals surface area contributed by atoms with Crippen LogP contribution in [0.1, 0.15) is 17.3 Å². The van der Waals surface area contributed by atoms with Gasteiger partial charge in [0.15, 0.2) is 12.1 Å². The molecule has 0 saturated heterocycles. The van der Waals surface area contributed by atoms with Gasteiger partial charge in [-0.15, -0.1) is 0 Å². The maximum atomic E-state index is 11.1. The largest absolute Gasteiger partial charge is 0.496 e. The van der Waals surface area contributed by atoms with Gasteiger partial charge in [0.2, 0.25) is 0 Å². The van der Waals surface area contributed by atoms with E-state index in [4.69, 9.17) is 27.8 Å². The van der Waals surface area contributed by atoms with Crippen LogP contribution in [0.25, 0.3) is 10.8 Å². The van der Waals surface area contributed by atoms with Crippen molar-refractivity contribution in [2.45, 2.75) is 6.92 Å². The molecule has 0 atom stereocenters. The molecular weight excluding hydrogens is 304 g/mol. The van der Waals surface area contributed by atoms with Gasteiger partial charge in [-0.05, 0) is 36.6 Å². The van der Waals surface area contributed by atoms with E-state index in [2.05, 4.69) is 9.98 Å². The quantitative estimate of drug-likeness (QED) is 0.390. The summed E-state index contributed by atoms with van der Waals surface area (Å²) in [4.78, 5) is 19.3. The molecule has 0 spiro atoms. The van der Waals surface area contributed by atoms with Gasteiger partial charge in [-0.1, -0.05) is 11.6 Å². The molecule has 0 bridgehead atoms. The number of halogens is 1. The number of nitrogens with zero attached hydrogens (tertiary/aromatic N) is 2. The Bertz CT molecular complexity index is 796. The molecule has 1 aromatic carbocycles. The molecule has 0 fully saturated rings. The molecule has 1 heterocycles. The van der Waals surface area contributed by atoms with Crippen molar-refractivity contribution in [3.8, 4) is 5.75 Å². The van der Waals surface area contributed by atoms with E-state index in [9.17, 15) is 4.79 Å². The Hall–Kier alpha value is -2.60. The molecule has 2 aromatic rings. The number of benzene rings is 1. The van der Waals surface area contributed by atoms with Gasteiger partial charge in [0.1, 0.15) is 16.7 Å². The number of hydrogen-bond donors (Lipinski definition) is 2. The van der Waals surface area contributed by atoms with Crippen LogP contribution >= 0.6 is 11.6 Å². The van der Waals surface area contributed by atoms with Crippen LogP contribution in [-0.2, 0) is 0 Å². The van der Waals surface area contributed by atoms with E-state index in [1.54, 1.807) is 25.1 Å². The number of rotatable bonds is 4. The molecule has 6 nitrogen and oxygen atoms in total. The zero-order chi connectivity index (χ0) is 16.3. The molecule has 0 radical (unpaired) electrons. The number of carbonyl (C=O) groups is 1. The molecule has 0 aliphatic rings.